The second-order valence-corrected chi connectivity index (χ2v) is 11.2. The number of amides is 1. The van der Waals surface area contributed by atoms with Gasteiger partial charge in [0.05, 0.1) is 26.0 Å². The lowest BCUT2D eigenvalue weighted by molar-refractivity contribution is -0.114. The van der Waals surface area contributed by atoms with Gasteiger partial charge in [0.25, 0.3) is 5.91 Å². The fourth-order valence-corrected chi connectivity index (χ4v) is 6.44. The predicted molar refractivity (Wildman–Crippen MR) is 162 cm³/mol. The monoisotopic (exact) mass is 543 g/mol. The molecule has 1 N–H and O–H groups in total. The highest BCUT2D eigenvalue weighted by molar-refractivity contribution is 7.22. The van der Waals surface area contributed by atoms with Crippen molar-refractivity contribution < 1.29 is 4.79 Å². The molecule has 0 fully saturated rings. The van der Waals surface area contributed by atoms with Gasteiger partial charge in [-0.05, 0) is 61.0 Å². The van der Waals surface area contributed by atoms with Crippen molar-refractivity contribution in [1.82, 2.24) is 9.97 Å². The highest BCUT2D eigenvalue weighted by Crippen LogP contribution is 2.34. The van der Waals surface area contributed by atoms with Crippen molar-refractivity contribution in [3.8, 4) is 10.6 Å². The molecular formula is C31H21N5OS2. The maximum atomic E-state index is 13.6. The molecule has 6 nitrogen and oxygen atoms in total. The van der Waals surface area contributed by atoms with Gasteiger partial charge in [-0.3, -0.25) is 4.79 Å². The van der Waals surface area contributed by atoms with Crippen LogP contribution in [0, 0.1) is 6.92 Å². The van der Waals surface area contributed by atoms with Gasteiger partial charge in [0.2, 0.25) is 5.13 Å². The van der Waals surface area contributed by atoms with Crippen molar-refractivity contribution >= 4 is 65.5 Å². The summed E-state index contributed by atoms with van der Waals surface area (Å²) in [5.74, 6) is -0.221. The number of hydrogen-bond donors (Lipinski definition) is 1. The summed E-state index contributed by atoms with van der Waals surface area (Å²) in [6.07, 6.45) is 1.73. The van der Waals surface area contributed by atoms with Crippen LogP contribution < -0.4 is 10.3 Å². The van der Waals surface area contributed by atoms with Crippen molar-refractivity contribution in [3.63, 3.8) is 0 Å². The zero-order chi connectivity index (χ0) is 26.3. The van der Waals surface area contributed by atoms with E-state index in [1.165, 1.54) is 26.6 Å². The predicted octanol–water partition coefficient (Wildman–Crippen LogP) is 7.63. The molecule has 6 aromatic rings. The molecule has 0 bridgehead atoms. The number of fused-ring (bicyclic) bond motifs is 2. The van der Waals surface area contributed by atoms with Gasteiger partial charge < -0.3 is 5.32 Å². The Morgan fingerprint density at radius 2 is 1.54 bits per heavy atom. The van der Waals surface area contributed by atoms with Crippen LogP contribution in [0.1, 0.15) is 11.1 Å². The standard InChI is InChI=1S/C31H21N5OS2/c1-19-11-16-25-27(17-19)38-29(33-25)21-12-14-22(15-13-21)32-18-23-28(20-7-3-2-4-8-20)35-36(30(23)37)31-34-24-9-5-6-10-26(24)39-31/h2-18,32H,1H3/b23-18+. The van der Waals surface area contributed by atoms with Gasteiger partial charge in [0, 0.05) is 23.0 Å². The number of carbonyl (C=O) groups is 1. The molecule has 0 atom stereocenters. The topological polar surface area (TPSA) is 70.5 Å². The second kappa shape index (κ2) is 9.58. The first-order chi connectivity index (χ1) is 19.1. The molecule has 0 radical (unpaired) electrons. The Morgan fingerprint density at radius 1 is 0.769 bits per heavy atom. The zero-order valence-corrected chi connectivity index (χ0v) is 22.5. The van der Waals surface area contributed by atoms with Crippen LogP contribution in [0.15, 0.2) is 114 Å². The van der Waals surface area contributed by atoms with Crippen LogP contribution in [0.5, 0.6) is 0 Å². The van der Waals surface area contributed by atoms with Crippen molar-refractivity contribution in [2.75, 3.05) is 10.3 Å². The molecule has 7 rings (SSSR count). The molecule has 0 aliphatic carbocycles. The highest BCUT2D eigenvalue weighted by Gasteiger charge is 2.34. The Balaban J connectivity index is 1.18. The molecule has 39 heavy (non-hydrogen) atoms. The summed E-state index contributed by atoms with van der Waals surface area (Å²) >= 11 is 3.14. The molecule has 2 aromatic heterocycles. The van der Waals surface area contributed by atoms with Crippen LogP contribution in [0.25, 0.3) is 31.0 Å². The maximum Gasteiger partial charge on any atom is 0.284 e. The largest absolute Gasteiger partial charge is 0.361 e. The number of carbonyl (C=O) groups excluding carboxylic acids is 1. The van der Waals surface area contributed by atoms with E-state index in [9.17, 15) is 4.79 Å². The van der Waals surface area contributed by atoms with Crippen molar-refractivity contribution in [2.45, 2.75) is 6.92 Å². The Morgan fingerprint density at radius 3 is 2.36 bits per heavy atom. The van der Waals surface area contributed by atoms with Crippen LogP contribution in [0.4, 0.5) is 10.8 Å². The number of nitrogens with zero attached hydrogens (tertiary/aromatic N) is 4. The summed E-state index contributed by atoms with van der Waals surface area (Å²) in [4.78, 5) is 23.0. The number of benzene rings is 4. The highest BCUT2D eigenvalue weighted by atomic mass is 32.1. The van der Waals surface area contributed by atoms with E-state index in [0.717, 1.165) is 37.6 Å². The zero-order valence-electron chi connectivity index (χ0n) is 20.8. The van der Waals surface area contributed by atoms with Crippen molar-refractivity contribution in [3.05, 3.63) is 120 Å². The lowest BCUT2D eigenvalue weighted by atomic mass is 10.0. The van der Waals surface area contributed by atoms with E-state index in [-0.39, 0.29) is 5.91 Å². The molecule has 0 unspecified atom stereocenters. The molecule has 1 aliphatic heterocycles. The third-order valence-electron chi connectivity index (χ3n) is 6.45. The van der Waals surface area contributed by atoms with E-state index in [1.54, 1.807) is 17.5 Å². The van der Waals surface area contributed by atoms with Gasteiger partial charge in [0.1, 0.15) is 10.7 Å². The first-order valence-electron chi connectivity index (χ1n) is 12.4. The lowest BCUT2D eigenvalue weighted by Gasteiger charge is -2.07. The van der Waals surface area contributed by atoms with Crippen molar-refractivity contribution in [1.29, 1.82) is 0 Å². The molecule has 3 heterocycles. The number of para-hydroxylation sites is 1. The fourth-order valence-electron chi connectivity index (χ4n) is 4.45. The van der Waals surface area contributed by atoms with E-state index in [1.807, 2.05) is 78.9 Å². The molecule has 188 valence electrons. The molecule has 4 aromatic carbocycles. The van der Waals surface area contributed by atoms with Gasteiger partial charge in [-0.2, -0.15) is 10.1 Å². The summed E-state index contributed by atoms with van der Waals surface area (Å²) in [5.41, 5.74) is 6.95. The molecule has 0 saturated heterocycles. The van der Waals surface area contributed by atoms with Crippen LogP contribution in [-0.2, 0) is 4.79 Å². The van der Waals surface area contributed by atoms with Crippen LogP contribution >= 0.6 is 22.7 Å². The van der Waals surface area contributed by atoms with Crippen LogP contribution in [0.3, 0.4) is 0 Å². The number of anilines is 2. The minimum atomic E-state index is -0.221. The second-order valence-electron chi connectivity index (χ2n) is 9.17. The average molecular weight is 544 g/mol. The molecule has 8 heteroatoms. The summed E-state index contributed by atoms with van der Waals surface area (Å²) < 4.78 is 2.19. The fraction of sp³-hybridized carbons (Fsp3) is 0.0323. The smallest absolute Gasteiger partial charge is 0.284 e. The first-order valence-corrected chi connectivity index (χ1v) is 14.0. The maximum absolute atomic E-state index is 13.6. The minimum absolute atomic E-state index is 0.221. The minimum Gasteiger partial charge on any atom is -0.361 e. The summed E-state index contributed by atoms with van der Waals surface area (Å²) in [6, 6.07) is 32.0. The number of hydrazone groups is 1. The molecular weight excluding hydrogens is 523 g/mol. The Hall–Kier alpha value is -4.66. The third-order valence-corrected chi connectivity index (χ3v) is 8.53. The van der Waals surface area contributed by atoms with E-state index in [2.05, 4.69) is 35.4 Å². The Kier molecular flexibility index (Phi) is 5.76. The van der Waals surface area contributed by atoms with Crippen LogP contribution in [-0.4, -0.2) is 21.6 Å². The quantitative estimate of drug-likeness (QED) is 0.227. The third kappa shape index (κ3) is 4.39. The van der Waals surface area contributed by atoms with Crippen LogP contribution in [0.2, 0.25) is 0 Å². The normalized spacial score (nSPS) is 14.5. The van der Waals surface area contributed by atoms with Gasteiger partial charge in [-0.25, -0.2) is 9.97 Å². The van der Waals surface area contributed by atoms with E-state index in [0.29, 0.717) is 16.4 Å². The number of rotatable bonds is 5. The molecule has 1 aliphatic rings. The number of thiazole rings is 2. The molecule has 0 saturated carbocycles. The lowest BCUT2D eigenvalue weighted by Crippen LogP contribution is -2.21. The van der Waals surface area contributed by atoms with Gasteiger partial charge in [-0.15, -0.1) is 11.3 Å². The Labute approximate surface area is 232 Å². The average Bonchev–Trinajstić information content (AvgIpc) is 3.67. The number of aryl methyl sites for hydroxylation is 1. The van der Waals surface area contributed by atoms with E-state index >= 15 is 0 Å². The first kappa shape index (κ1) is 23.5. The molecule has 1 amide bonds. The van der Waals surface area contributed by atoms with Crippen molar-refractivity contribution in [2.24, 2.45) is 5.10 Å². The van der Waals surface area contributed by atoms with E-state index in [4.69, 9.17) is 10.1 Å². The number of hydrogen-bond acceptors (Lipinski definition) is 7. The summed E-state index contributed by atoms with van der Waals surface area (Å²) in [6.45, 7) is 2.09. The SMILES string of the molecule is Cc1ccc2nc(-c3ccc(N/C=C4/C(=O)N(c5nc6ccccc6s5)N=C4c4ccccc4)cc3)sc2c1. The van der Waals surface area contributed by atoms with Gasteiger partial charge >= 0.3 is 0 Å². The van der Waals surface area contributed by atoms with Gasteiger partial charge in [-0.1, -0.05) is 59.9 Å². The van der Waals surface area contributed by atoms with E-state index < -0.39 is 0 Å². The Bertz CT molecular complexity index is 1890. The molecule has 0 spiro atoms. The summed E-state index contributed by atoms with van der Waals surface area (Å²) in [7, 11) is 0. The number of nitrogens with one attached hydrogen (secondary N) is 1. The summed E-state index contributed by atoms with van der Waals surface area (Å²) in [5, 5.41) is 10.9. The number of aromatic nitrogens is 2. The van der Waals surface area contributed by atoms with Gasteiger partial charge in [0.15, 0.2) is 0 Å².